The van der Waals surface area contributed by atoms with Crippen LogP contribution in [0.1, 0.15) is 26.7 Å². The summed E-state index contributed by atoms with van der Waals surface area (Å²) in [5.41, 5.74) is 0. The van der Waals surface area contributed by atoms with Crippen LogP contribution in [0.2, 0.25) is 0 Å². The lowest BCUT2D eigenvalue weighted by atomic mass is 10.0. The largest absolute Gasteiger partial charge is 0.395 e. The van der Waals surface area contributed by atoms with E-state index in [1.54, 1.807) is 11.8 Å². The van der Waals surface area contributed by atoms with Crippen LogP contribution in [0.3, 0.4) is 0 Å². The molecule has 0 atom stereocenters. The topological polar surface area (TPSA) is 66.4 Å². The summed E-state index contributed by atoms with van der Waals surface area (Å²) in [5, 5.41) is 8.58. The first-order chi connectivity index (χ1) is 6.95. The van der Waals surface area contributed by atoms with Crippen LogP contribution in [0.4, 0.5) is 0 Å². The molecule has 0 radical (unpaired) electrons. The molecule has 0 aliphatic heterocycles. The van der Waals surface area contributed by atoms with E-state index >= 15 is 0 Å². The van der Waals surface area contributed by atoms with Gasteiger partial charge in [0.2, 0.25) is 10.0 Å². The summed E-state index contributed by atoms with van der Waals surface area (Å²) < 4.78 is 25.2. The van der Waals surface area contributed by atoms with E-state index in [0.29, 0.717) is 6.54 Å². The third-order valence-corrected chi connectivity index (χ3v) is 5.59. The molecule has 0 aliphatic carbocycles. The summed E-state index contributed by atoms with van der Waals surface area (Å²) in [4.78, 5) is 0. The lowest BCUT2D eigenvalue weighted by Gasteiger charge is -2.29. The van der Waals surface area contributed by atoms with Crippen LogP contribution in [0.25, 0.3) is 0 Å². The molecule has 0 aromatic heterocycles. The summed E-state index contributed by atoms with van der Waals surface area (Å²) >= 11 is 1.69. The van der Waals surface area contributed by atoms with Crippen molar-refractivity contribution < 1.29 is 13.5 Å². The maximum atomic E-state index is 11.3. The first kappa shape index (κ1) is 15.2. The van der Waals surface area contributed by atoms with Crippen LogP contribution in [0.15, 0.2) is 0 Å². The number of thioether (sulfide) groups is 1. The normalized spacial score (nSPS) is 13.1. The van der Waals surface area contributed by atoms with Gasteiger partial charge in [-0.3, -0.25) is 0 Å². The molecule has 0 fully saturated rings. The lowest BCUT2D eigenvalue weighted by molar-refractivity contribution is 0.319. The Balaban J connectivity index is 4.34. The molecule has 0 aliphatic rings. The third kappa shape index (κ3) is 5.19. The maximum absolute atomic E-state index is 11.3. The zero-order valence-corrected chi connectivity index (χ0v) is 11.2. The lowest BCUT2D eigenvalue weighted by Crippen LogP contribution is -2.40. The molecule has 0 aromatic rings. The van der Waals surface area contributed by atoms with Gasteiger partial charge in [-0.05, 0) is 19.1 Å². The zero-order valence-electron chi connectivity index (χ0n) is 9.62. The van der Waals surface area contributed by atoms with Crippen molar-refractivity contribution in [3.8, 4) is 0 Å². The molecule has 0 heterocycles. The minimum absolute atomic E-state index is 0.0253. The standard InChI is InChI=1S/C9H21NO3S2/c1-4-9(5-2,14-3)8-10-15(12,13)7-6-11/h10-11H,4-8H2,1-3H3. The summed E-state index contributed by atoms with van der Waals surface area (Å²) in [6.45, 7) is 4.21. The molecular formula is C9H21NO3S2. The van der Waals surface area contributed by atoms with Gasteiger partial charge < -0.3 is 5.11 Å². The second-order valence-corrected chi connectivity index (χ2v) is 6.66. The first-order valence-electron chi connectivity index (χ1n) is 5.08. The van der Waals surface area contributed by atoms with Crippen molar-refractivity contribution in [2.45, 2.75) is 31.4 Å². The number of rotatable bonds is 8. The van der Waals surface area contributed by atoms with E-state index in [1.807, 2.05) is 6.26 Å². The van der Waals surface area contributed by atoms with Gasteiger partial charge in [-0.1, -0.05) is 13.8 Å². The van der Waals surface area contributed by atoms with Crippen LogP contribution in [0.5, 0.6) is 0 Å². The fourth-order valence-corrected chi connectivity index (χ4v) is 3.06. The number of nitrogens with one attached hydrogen (secondary N) is 1. The second-order valence-electron chi connectivity index (χ2n) is 3.46. The fraction of sp³-hybridized carbons (Fsp3) is 1.00. The Hall–Kier alpha value is 0.220. The Bertz CT molecular complexity index is 252. The molecule has 0 rings (SSSR count). The molecule has 2 N–H and O–H groups in total. The molecule has 0 saturated carbocycles. The zero-order chi connectivity index (χ0) is 11.9. The van der Waals surface area contributed by atoms with Gasteiger partial charge in [-0.15, -0.1) is 0 Å². The second kappa shape index (κ2) is 6.73. The molecule has 0 spiro atoms. The number of sulfonamides is 1. The van der Waals surface area contributed by atoms with Crippen molar-refractivity contribution in [2.24, 2.45) is 0 Å². The Morgan fingerprint density at radius 1 is 1.33 bits per heavy atom. The quantitative estimate of drug-likeness (QED) is 0.674. The van der Waals surface area contributed by atoms with Crippen LogP contribution < -0.4 is 4.72 Å². The third-order valence-electron chi connectivity index (χ3n) is 2.70. The Kier molecular flexibility index (Phi) is 6.83. The minimum atomic E-state index is -3.31. The van der Waals surface area contributed by atoms with Crippen LogP contribution in [-0.2, 0) is 10.0 Å². The van der Waals surface area contributed by atoms with Crippen molar-refractivity contribution in [2.75, 3.05) is 25.2 Å². The molecule has 6 heteroatoms. The van der Waals surface area contributed by atoms with Crippen LogP contribution >= 0.6 is 11.8 Å². The summed E-state index contributed by atoms with van der Waals surface area (Å²) in [6.07, 6.45) is 3.84. The highest BCUT2D eigenvalue weighted by atomic mass is 32.2. The van der Waals surface area contributed by atoms with Crippen molar-refractivity contribution in [1.82, 2.24) is 4.72 Å². The van der Waals surface area contributed by atoms with E-state index in [0.717, 1.165) is 12.8 Å². The van der Waals surface area contributed by atoms with Crippen LogP contribution in [-0.4, -0.2) is 43.4 Å². The summed E-state index contributed by atoms with van der Waals surface area (Å²) in [7, 11) is -3.31. The Morgan fingerprint density at radius 2 is 1.87 bits per heavy atom. The molecule has 0 amide bonds. The van der Waals surface area contributed by atoms with E-state index in [1.165, 1.54) is 0 Å². The van der Waals surface area contributed by atoms with Gasteiger partial charge in [-0.2, -0.15) is 11.8 Å². The smallest absolute Gasteiger partial charge is 0.213 e. The number of hydrogen-bond donors (Lipinski definition) is 2. The predicted molar refractivity (Wildman–Crippen MR) is 65.7 cm³/mol. The monoisotopic (exact) mass is 255 g/mol. The molecule has 4 nitrogen and oxygen atoms in total. The van der Waals surface area contributed by atoms with Gasteiger partial charge in [0, 0.05) is 11.3 Å². The molecule has 0 aromatic carbocycles. The summed E-state index contributed by atoms with van der Waals surface area (Å²) in [6, 6.07) is 0. The van der Waals surface area contributed by atoms with Crippen molar-refractivity contribution in [3.63, 3.8) is 0 Å². The average Bonchev–Trinajstić information content (AvgIpc) is 2.21. The highest BCUT2D eigenvalue weighted by Gasteiger charge is 2.26. The first-order valence-corrected chi connectivity index (χ1v) is 7.96. The van der Waals surface area contributed by atoms with Crippen molar-refractivity contribution >= 4 is 21.8 Å². The van der Waals surface area contributed by atoms with E-state index in [-0.39, 0.29) is 17.1 Å². The number of aliphatic hydroxyl groups excluding tert-OH is 1. The Labute approximate surface area is 96.9 Å². The molecule has 0 saturated heterocycles. The molecule has 0 bridgehead atoms. The fourth-order valence-electron chi connectivity index (χ4n) is 1.29. The van der Waals surface area contributed by atoms with E-state index in [9.17, 15) is 8.42 Å². The minimum Gasteiger partial charge on any atom is -0.395 e. The molecular weight excluding hydrogens is 234 g/mol. The van der Waals surface area contributed by atoms with Gasteiger partial charge in [0.05, 0.1) is 12.4 Å². The molecule has 0 unspecified atom stereocenters. The van der Waals surface area contributed by atoms with Crippen LogP contribution in [0, 0.1) is 0 Å². The maximum Gasteiger partial charge on any atom is 0.213 e. The van der Waals surface area contributed by atoms with Gasteiger partial charge in [0.25, 0.3) is 0 Å². The van der Waals surface area contributed by atoms with E-state index < -0.39 is 10.0 Å². The highest BCUT2D eigenvalue weighted by Crippen LogP contribution is 2.29. The number of hydrogen-bond acceptors (Lipinski definition) is 4. The highest BCUT2D eigenvalue weighted by molar-refractivity contribution is 8.00. The number of aliphatic hydroxyl groups is 1. The predicted octanol–water partition coefficient (Wildman–Crippen LogP) is 0.820. The van der Waals surface area contributed by atoms with Gasteiger partial charge in [0.1, 0.15) is 0 Å². The summed E-state index contributed by atoms with van der Waals surface area (Å²) in [5.74, 6) is -0.217. The van der Waals surface area contributed by atoms with Gasteiger partial charge >= 0.3 is 0 Å². The van der Waals surface area contributed by atoms with Gasteiger partial charge in [0.15, 0.2) is 0 Å². The average molecular weight is 255 g/mol. The van der Waals surface area contributed by atoms with E-state index in [2.05, 4.69) is 18.6 Å². The molecule has 15 heavy (non-hydrogen) atoms. The molecule has 92 valence electrons. The van der Waals surface area contributed by atoms with E-state index in [4.69, 9.17) is 5.11 Å². The van der Waals surface area contributed by atoms with Gasteiger partial charge in [-0.25, -0.2) is 13.1 Å². The Morgan fingerprint density at radius 3 is 2.20 bits per heavy atom. The SMILES string of the molecule is CCC(CC)(CNS(=O)(=O)CCO)SC. The van der Waals surface area contributed by atoms with Crippen molar-refractivity contribution in [1.29, 1.82) is 0 Å². The van der Waals surface area contributed by atoms with Crippen molar-refractivity contribution in [3.05, 3.63) is 0 Å².